The maximum atomic E-state index is 13.3. The number of hydrogen-bond acceptors (Lipinski definition) is 5. The molecule has 0 atom stereocenters. The highest BCUT2D eigenvalue weighted by atomic mass is 32.2. The number of fused-ring (bicyclic) bond motifs is 1. The zero-order chi connectivity index (χ0) is 20.9. The number of rotatable bonds is 9. The fraction of sp³-hybridized carbons (Fsp3) is 0.333. The van der Waals surface area contributed by atoms with E-state index in [1.807, 2.05) is 36.6 Å². The monoisotopic (exact) mass is 431 g/mol. The second-order valence-corrected chi connectivity index (χ2v) is 9.69. The molecule has 1 N–H and O–H groups in total. The summed E-state index contributed by atoms with van der Waals surface area (Å²) in [6, 6.07) is 12.7. The molecule has 0 spiro atoms. The molecule has 0 fully saturated rings. The van der Waals surface area contributed by atoms with Gasteiger partial charge in [0.25, 0.3) is 0 Å². The van der Waals surface area contributed by atoms with E-state index in [9.17, 15) is 13.2 Å². The van der Waals surface area contributed by atoms with Crippen molar-refractivity contribution in [3.05, 3.63) is 53.5 Å². The molecule has 1 heterocycles. The number of anilines is 1. The Morgan fingerprint density at radius 1 is 1.14 bits per heavy atom. The van der Waals surface area contributed by atoms with Crippen LogP contribution < -0.4 is 5.32 Å². The van der Waals surface area contributed by atoms with Crippen molar-refractivity contribution in [1.29, 1.82) is 0 Å². The molecule has 0 aliphatic heterocycles. The second kappa shape index (κ2) is 9.47. The van der Waals surface area contributed by atoms with Gasteiger partial charge in [0.05, 0.1) is 17.1 Å². The number of thiazole rings is 1. The van der Waals surface area contributed by atoms with Gasteiger partial charge in [0, 0.05) is 11.9 Å². The Bertz CT molecular complexity index is 1090. The summed E-state index contributed by atoms with van der Waals surface area (Å²) < 4.78 is 27.9. The van der Waals surface area contributed by atoms with E-state index in [-0.39, 0.29) is 17.3 Å². The quantitative estimate of drug-likeness (QED) is 0.509. The molecule has 0 unspecified atom stereocenters. The summed E-state index contributed by atoms with van der Waals surface area (Å²) in [5, 5.41) is 6.83. The molecular weight excluding hydrogens is 406 g/mol. The van der Waals surface area contributed by atoms with Crippen LogP contribution in [0.4, 0.5) is 5.13 Å². The highest BCUT2D eigenvalue weighted by molar-refractivity contribution is 7.89. The summed E-state index contributed by atoms with van der Waals surface area (Å²) in [6.45, 7) is 3.96. The number of nitrogens with one attached hydrogen (secondary N) is 1. The topological polar surface area (TPSA) is 79.4 Å². The van der Waals surface area contributed by atoms with Gasteiger partial charge in [0.15, 0.2) is 5.13 Å². The van der Waals surface area contributed by atoms with E-state index in [1.54, 1.807) is 18.2 Å². The zero-order valence-electron chi connectivity index (χ0n) is 16.6. The Morgan fingerprint density at radius 3 is 2.59 bits per heavy atom. The molecule has 1 amide bonds. The molecular formula is C21H25N3O3S2. The minimum Gasteiger partial charge on any atom is -0.301 e. The summed E-state index contributed by atoms with van der Waals surface area (Å²) in [5.74, 6) is -0.389. The van der Waals surface area contributed by atoms with Gasteiger partial charge in [0.2, 0.25) is 15.9 Å². The highest BCUT2D eigenvalue weighted by Gasteiger charge is 2.26. The van der Waals surface area contributed by atoms with Crippen molar-refractivity contribution < 1.29 is 13.2 Å². The molecule has 154 valence electrons. The van der Waals surface area contributed by atoms with Crippen molar-refractivity contribution in [2.24, 2.45) is 0 Å². The van der Waals surface area contributed by atoms with E-state index in [0.29, 0.717) is 18.1 Å². The number of aryl methyl sites for hydroxylation is 1. The third kappa shape index (κ3) is 5.41. The van der Waals surface area contributed by atoms with Gasteiger partial charge in [-0.15, -0.1) is 11.3 Å². The molecule has 3 rings (SSSR count). The maximum Gasteiger partial charge on any atom is 0.243 e. The lowest BCUT2D eigenvalue weighted by atomic mass is 10.1. The first-order chi connectivity index (χ1) is 13.9. The number of sulfonamides is 1. The predicted molar refractivity (Wildman–Crippen MR) is 118 cm³/mol. The lowest BCUT2D eigenvalue weighted by Gasteiger charge is -2.22. The highest BCUT2D eigenvalue weighted by Crippen LogP contribution is 2.23. The summed E-state index contributed by atoms with van der Waals surface area (Å²) >= 11 is 1.32. The first-order valence-electron chi connectivity index (χ1n) is 9.61. The van der Waals surface area contributed by atoms with Crippen molar-refractivity contribution >= 4 is 43.2 Å². The SMILES string of the molecule is CCCCCN(CC(=O)Nc1nc(C)cs1)S(=O)(=O)c1ccc2ccccc2c1. The van der Waals surface area contributed by atoms with Gasteiger partial charge in [-0.3, -0.25) is 4.79 Å². The molecule has 0 saturated heterocycles. The van der Waals surface area contributed by atoms with Crippen molar-refractivity contribution in [1.82, 2.24) is 9.29 Å². The second-order valence-electron chi connectivity index (χ2n) is 6.90. The van der Waals surface area contributed by atoms with E-state index in [0.717, 1.165) is 29.3 Å². The van der Waals surface area contributed by atoms with Gasteiger partial charge < -0.3 is 5.32 Å². The van der Waals surface area contributed by atoms with E-state index >= 15 is 0 Å². The average molecular weight is 432 g/mol. The third-order valence-corrected chi connectivity index (χ3v) is 7.27. The lowest BCUT2D eigenvalue weighted by molar-refractivity contribution is -0.116. The Hall–Kier alpha value is -2.29. The molecule has 3 aromatic rings. The number of amides is 1. The first kappa shape index (κ1) is 21.4. The van der Waals surface area contributed by atoms with Crippen molar-refractivity contribution in [3.63, 3.8) is 0 Å². The van der Waals surface area contributed by atoms with Gasteiger partial charge in [-0.2, -0.15) is 4.31 Å². The lowest BCUT2D eigenvalue weighted by Crippen LogP contribution is -2.38. The fourth-order valence-corrected chi connectivity index (χ4v) is 5.20. The Balaban J connectivity index is 1.83. The van der Waals surface area contributed by atoms with Crippen molar-refractivity contribution in [2.75, 3.05) is 18.4 Å². The van der Waals surface area contributed by atoms with Crippen LogP contribution in [0, 0.1) is 6.92 Å². The van der Waals surface area contributed by atoms with Crippen LogP contribution in [-0.4, -0.2) is 36.7 Å². The van der Waals surface area contributed by atoms with E-state index in [4.69, 9.17) is 0 Å². The number of carbonyl (C=O) groups is 1. The summed E-state index contributed by atoms with van der Waals surface area (Å²) in [7, 11) is -3.80. The first-order valence-corrected chi connectivity index (χ1v) is 11.9. The number of carbonyl (C=O) groups excluding carboxylic acids is 1. The number of benzene rings is 2. The molecule has 0 radical (unpaired) electrons. The number of nitrogens with zero attached hydrogens (tertiary/aromatic N) is 2. The normalized spacial score (nSPS) is 11.8. The number of unbranched alkanes of at least 4 members (excludes halogenated alkanes) is 2. The predicted octanol–water partition coefficient (Wildman–Crippen LogP) is 4.42. The van der Waals surface area contributed by atoms with Crippen LogP contribution in [-0.2, 0) is 14.8 Å². The van der Waals surface area contributed by atoms with E-state index in [2.05, 4.69) is 17.2 Å². The van der Waals surface area contributed by atoms with Gasteiger partial charge >= 0.3 is 0 Å². The van der Waals surface area contributed by atoms with Gasteiger partial charge in [0.1, 0.15) is 0 Å². The minimum absolute atomic E-state index is 0.200. The third-order valence-electron chi connectivity index (χ3n) is 4.56. The van der Waals surface area contributed by atoms with E-state index in [1.165, 1.54) is 15.6 Å². The number of hydrogen-bond donors (Lipinski definition) is 1. The summed E-state index contributed by atoms with van der Waals surface area (Å²) in [4.78, 5) is 16.9. The average Bonchev–Trinajstić information content (AvgIpc) is 3.11. The molecule has 1 aromatic heterocycles. The largest absolute Gasteiger partial charge is 0.301 e. The Morgan fingerprint density at radius 2 is 1.90 bits per heavy atom. The smallest absolute Gasteiger partial charge is 0.243 e. The molecule has 0 aliphatic rings. The minimum atomic E-state index is -3.80. The van der Waals surface area contributed by atoms with Crippen LogP contribution >= 0.6 is 11.3 Å². The standard InChI is InChI=1S/C21H25N3O3S2/c1-3-4-7-12-24(14-20(25)23-21-22-16(2)15-28-21)29(26,27)19-11-10-17-8-5-6-9-18(17)13-19/h5-6,8-11,13,15H,3-4,7,12,14H2,1-2H3,(H,22,23,25). The van der Waals surface area contributed by atoms with Crippen LogP contribution in [0.25, 0.3) is 10.8 Å². The van der Waals surface area contributed by atoms with Crippen LogP contribution in [0.15, 0.2) is 52.7 Å². The van der Waals surface area contributed by atoms with Crippen LogP contribution in [0.5, 0.6) is 0 Å². The zero-order valence-corrected chi connectivity index (χ0v) is 18.2. The summed E-state index contributed by atoms with van der Waals surface area (Å²) in [6.07, 6.45) is 2.57. The number of aromatic nitrogens is 1. The van der Waals surface area contributed by atoms with Gasteiger partial charge in [-0.25, -0.2) is 13.4 Å². The van der Waals surface area contributed by atoms with Crippen LogP contribution in [0.2, 0.25) is 0 Å². The molecule has 2 aromatic carbocycles. The maximum absolute atomic E-state index is 13.3. The molecule has 0 aliphatic carbocycles. The molecule has 0 bridgehead atoms. The Kier molecular flexibility index (Phi) is 7.00. The molecule has 29 heavy (non-hydrogen) atoms. The van der Waals surface area contributed by atoms with Crippen LogP contribution in [0.1, 0.15) is 31.9 Å². The molecule has 0 saturated carbocycles. The van der Waals surface area contributed by atoms with Gasteiger partial charge in [-0.05, 0) is 36.2 Å². The molecule has 6 nitrogen and oxygen atoms in total. The van der Waals surface area contributed by atoms with Crippen molar-refractivity contribution in [3.8, 4) is 0 Å². The van der Waals surface area contributed by atoms with Crippen LogP contribution in [0.3, 0.4) is 0 Å². The Labute approximate surface area is 175 Å². The summed E-state index contributed by atoms with van der Waals surface area (Å²) in [5.41, 5.74) is 0.814. The van der Waals surface area contributed by atoms with Gasteiger partial charge in [-0.1, -0.05) is 50.1 Å². The van der Waals surface area contributed by atoms with E-state index < -0.39 is 10.0 Å². The van der Waals surface area contributed by atoms with Crippen molar-refractivity contribution in [2.45, 2.75) is 38.0 Å². The molecule has 8 heteroatoms. The fourth-order valence-electron chi connectivity index (χ4n) is 3.03.